The van der Waals surface area contributed by atoms with E-state index in [4.69, 9.17) is 14.6 Å². The first kappa shape index (κ1) is 26.5. The third-order valence-corrected chi connectivity index (χ3v) is 6.28. The largest absolute Gasteiger partial charge is 0.493 e. The Balaban J connectivity index is 2.06. The summed E-state index contributed by atoms with van der Waals surface area (Å²) in [7, 11) is 1.00. The number of rotatable bonds is 6. The lowest BCUT2D eigenvalue weighted by molar-refractivity contribution is -0.911. The number of aromatic nitrogens is 1. The molecule has 1 aliphatic rings. The van der Waals surface area contributed by atoms with E-state index < -0.39 is 71.5 Å². The molecule has 0 bridgehead atoms. The van der Waals surface area contributed by atoms with Gasteiger partial charge in [-0.15, -0.1) is 0 Å². The van der Waals surface area contributed by atoms with Gasteiger partial charge < -0.3 is 19.9 Å². The highest BCUT2D eigenvalue weighted by molar-refractivity contribution is 5.95. The van der Waals surface area contributed by atoms with E-state index in [-0.39, 0.29) is 11.3 Å². The van der Waals surface area contributed by atoms with Gasteiger partial charge in [0, 0.05) is 34.3 Å². The van der Waals surface area contributed by atoms with Crippen molar-refractivity contribution in [1.82, 2.24) is 0 Å². The van der Waals surface area contributed by atoms with Gasteiger partial charge in [0.05, 0.1) is 19.4 Å². The fourth-order valence-electron chi connectivity index (χ4n) is 4.17. The van der Waals surface area contributed by atoms with Crippen LogP contribution in [0.25, 0.3) is 0 Å². The summed E-state index contributed by atoms with van der Waals surface area (Å²) < 4.78 is 94.5. The van der Waals surface area contributed by atoms with Crippen molar-refractivity contribution in [3.05, 3.63) is 53.4 Å². The van der Waals surface area contributed by atoms with E-state index in [1.54, 1.807) is 0 Å². The number of nitrogens with zero attached hydrogens (tertiary/aromatic N) is 1. The highest BCUT2D eigenvalue weighted by atomic mass is 19.4. The Labute approximate surface area is 195 Å². The van der Waals surface area contributed by atoms with E-state index in [9.17, 15) is 36.3 Å². The second-order valence-electron chi connectivity index (χ2n) is 8.27. The predicted octanol–water partition coefficient (Wildman–Crippen LogP) is 3.58. The summed E-state index contributed by atoms with van der Waals surface area (Å²) in [6.07, 6.45) is -7.86. The number of carbonyl (C=O) groups excluding carboxylic acids is 1. The number of hydrogen-bond donors (Lipinski definition) is 3. The molecule has 13 heteroatoms. The lowest BCUT2D eigenvalue weighted by Crippen LogP contribution is -2.47. The van der Waals surface area contributed by atoms with E-state index in [0.29, 0.717) is 10.8 Å². The first-order chi connectivity index (χ1) is 16.3. The molecule has 192 valence electrons. The van der Waals surface area contributed by atoms with Crippen LogP contribution < -0.4 is 14.8 Å². The minimum Gasteiger partial charge on any atom is -0.493 e. The van der Waals surface area contributed by atoms with Gasteiger partial charge in [-0.05, 0) is 13.0 Å². The van der Waals surface area contributed by atoms with Crippen molar-refractivity contribution in [2.45, 2.75) is 43.8 Å². The molecule has 0 unspecified atom stereocenters. The number of aliphatic hydroxyl groups is 1. The number of carbonyl (C=O) groups is 1. The SMILES string of the molecule is COc1c([C@H]2[C@H](C(=O)Nc3cc[n+](O)c([C@@H](F)CO)c3)O[C@@](C)(C(F)(F)F)[C@H]2C)ccc(F)c1F. The maximum Gasteiger partial charge on any atom is 0.417 e. The average molecular weight is 509 g/mol. The first-order valence-corrected chi connectivity index (χ1v) is 10.3. The van der Waals surface area contributed by atoms with Crippen molar-refractivity contribution in [2.75, 3.05) is 19.0 Å². The molecule has 7 nitrogen and oxygen atoms in total. The molecule has 0 aliphatic carbocycles. The zero-order chi connectivity index (χ0) is 26.3. The Hall–Kier alpha value is -3.06. The maximum atomic E-state index is 14.4. The summed E-state index contributed by atoms with van der Waals surface area (Å²) in [5.74, 6) is -7.37. The van der Waals surface area contributed by atoms with Crippen LogP contribution in [-0.4, -0.2) is 47.8 Å². The molecular weight excluding hydrogens is 486 g/mol. The fourth-order valence-corrected chi connectivity index (χ4v) is 4.17. The van der Waals surface area contributed by atoms with Crippen LogP contribution in [0.5, 0.6) is 5.75 Å². The number of methoxy groups -OCH3 is 1. The van der Waals surface area contributed by atoms with Crippen molar-refractivity contribution in [2.24, 2.45) is 5.92 Å². The number of pyridine rings is 1. The molecule has 1 amide bonds. The lowest BCUT2D eigenvalue weighted by atomic mass is 9.77. The molecule has 3 rings (SSSR count). The molecule has 5 atom stereocenters. The number of ether oxygens (including phenoxy) is 2. The summed E-state index contributed by atoms with van der Waals surface area (Å²) in [6.45, 7) is 0.925. The Morgan fingerprint density at radius 1 is 1.31 bits per heavy atom. The molecule has 1 aromatic carbocycles. The fraction of sp³-hybridized carbons (Fsp3) is 0.455. The lowest BCUT2D eigenvalue weighted by Gasteiger charge is -2.32. The highest BCUT2D eigenvalue weighted by Crippen LogP contribution is 2.55. The van der Waals surface area contributed by atoms with Crippen LogP contribution >= 0.6 is 0 Å². The van der Waals surface area contributed by atoms with Gasteiger partial charge in [-0.25, -0.2) is 8.78 Å². The molecule has 35 heavy (non-hydrogen) atoms. The Morgan fingerprint density at radius 3 is 2.54 bits per heavy atom. The van der Waals surface area contributed by atoms with Gasteiger partial charge in [0.15, 0.2) is 17.2 Å². The van der Waals surface area contributed by atoms with Crippen molar-refractivity contribution >= 4 is 11.6 Å². The Kier molecular flexibility index (Phi) is 7.23. The highest BCUT2D eigenvalue weighted by Gasteiger charge is 2.66. The van der Waals surface area contributed by atoms with Crippen LogP contribution in [0.3, 0.4) is 0 Å². The second-order valence-corrected chi connectivity index (χ2v) is 8.27. The molecule has 0 spiro atoms. The molecule has 1 saturated heterocycles. The second kappa shape index (κ2) is 9.53. The molecule has 0 radical (unpaired) electrons. The van der Waals surface area contributed by atoms with Gasteiger partial charge in [-0.3, -0.25) is 10.0 Å². The van der Waals surface area contributed by atoms with Crippen LogP contribution in [0, 0.1) is 17.6 Å². The van der Waals surface area contributed by atoms with Gasteiger partial charge in [-0.1, -0.05) is 13.0 Å². The molecule has 2 heterocycles. The summed E-state index contributed by atoms with van der Waals surface area (Å²) in [4.78, 5) is 13.1. The predicted molar refractivity (Wildman–Crippen MR) is 108 cm³/mol. The summed E-state index contributed by atoms with van der Waals surface area (Å²) in [5, 5.41) is 21.0. The van der Waals surface area contributed by atoms with Crippen LogP contribution in [0.15, 0.2) is 30.5 Å². The molecule has 1 aromatic heterocycles. The summed E-state index contributed by atoms with van der Waals surface area (Å²) >= 11 is 0. The van der Waals surface area contributed by atoms with E-state index in [1.165, 1.54) is 0 Å². The van der Waals surface area contributed by atoms with Gasteiger partial charge in [0.2, 0.25) is 18.2 Å². The van der Waals surface area contributed by atoms with Crippen molar-refractivity contribution in [1.29, 1.82) is 0 Å². The zero-order valence-electron chi connectivity index (χ0n) is 18.7. The number of anilines is 1. The number of halogens is 6. The molecule has 1 aliphatic heterocycles. The Bertz CT molecular complexity index is 1110. The number of alkyl halides is 4. The van der Waals surface area contributed by atoms with E-state index in [1.807, 2.05) is 0 Å². The molecule has 0 saturated carbocycles. The number of nitrogens with one attached hydrogen (secondary N) is 1. The Morgan fingerprint density at radius 2 is 1.97 bits per heavy atom. The van der Waals surface area contributed by atoms with E-state index in [2.05, 4.69) is 5.32 Å². The monoisotopic (exact) mass is 509 g/mol. The van der Waals surface area contributed by atoms with Gasteiger partial charge in [-0.2, -0.15) is 17.6 Å². The quantitative estimate of drug-likeness (QED) is 0.315. The molecular formula is C22H23F6N2O5+. The molecule has 1 fully saturated rings. The van der Waals surface area contributed by atoms with Crippen LogP contribution in [0.2, 0.25) is 0 Å². The molecule has 3 N–H and O–H groups in total. The van der Waals surface area contributed by atoms with Crippen molar-refractivity contribution in [3.8, 4) is 5.75 Å². The number of benzene rings is 1. The normalized spacial score (nSPS) is 25.4. The third kappa shape index (κ3) is 4.61. The van der Waals surface area contributed by atoms with E-state index >= 15 is 0 Å². The summed E-state index contributed by atoms with van der Waals surface area (Å²) in [5.41, 5.74) is -3.62. The van der Waals surface area contributed by atoms with Gasteiger partial charge >= 0.3 is 6.18 Å². The third-order valence-electron chi connectivity index (χ3n) is 6.28. The van der Waals surface area contributed by atoms with Crippen molar-refractivity contribution in [3.63, 3.8) is 0 Å². The first-order valence-electron chi connectivity index (χ1n) is 10.3. The van der Waals surface area contributed by atoms with Crippen LogP contribution in [-0.2, 0) is 9.53 Å². The van der Waals surface area contributed by atoms with Gasteiger partial charge in [0.1, 0.15) is 6.10 Å². The molecule has 2 aromatic rings. The number of amides is 1. The van der Waals surface area contributed by atoms with E-state index in [0.717, 1.165) is 45.4 Å². The zero-order valence-corrected chi connectivity index (χ0v) is 18.7. The number of hydrogen-bond acceptors (Lipinski definition) is 5. The number of aliphatic hydroxyl groups excluding tert-OH is 1. The minimum absolute atomic E-state index is 0.126. The van der Waals surface area contributed by atoms with Crippen molar-refractivity contribution < 1.29 is 55.7 Å². The van der Waals surface area contributed by atoms with Crippen LogP contribution in [0.4, 0.5) is 32.0 Å². The minimum atomic E-state index is -4.93. The van der Waals surface area contributed by atoms with Crippen LogP contribution in [0.1, 0.15) is 37.2 Å². The maximum absolute atomic E-state index is 14.4. The van der Waals surface area contributed by atoms with Gasteiger partial charge in [0.25, 0.3) is 11.6 Å². The topological polar surface area (TPSA) is 91.9 Å². The summed E-state index contributed by atoms with van der Waals surface area (Å²) in [6, 6.07) is 3.82. The smallest absolute Gasteiger partial charge is 0.417 e. The average Bonchev–Trinajstić information content (AvgIpc) is 3.08. The standard InChI is InChI=1S/C22H22F6N2O5/c1-10-16(12-4-5-13(23)17(25)18(12)34-3)19(35-21(10,2)22(26,27)28)20(32)29-11-6-7-30(33)15(8-11)14(24)9-31/h4-8,10,14,16,19,31,33H,9H2,1-3H3/p+1/t10-,14-,16-,19+,21+/m0/s1.